The Hall–Kier alpha value is -2.17. The molecule has 26 heavy (non-hydrogen) atoms. The highest BCUT2D eigenvalue weighted by Gasteiger charge is 2.20. The van der Waals surface area contributed by atoms with Gasteiger partial charge >= 0.3 is 0 Å². The van der Waals surface area contributed by atoms with Crippen LogP contribution in [0.3, 0.4) is 0 Å². The highest BCUT2D eigenvalue weighted by atomic mass is 31.1. The van der Waals surface area contributed by atoms with Gasteiger partial charge in [-0.05, 0) is 55.7 Å². The smallest absolute Gasteiger partial charge is 0.0156 e. The molecule has 0 spiro atoms. The molecule has 0 unspecified atom stereocenters. The minimum absolute atomic E-state index is 0.404. The lowest BCUT2D eigenvalue weighted by Crippen LogP contribution is -2.11. The molecule has 1 aliphatic rings. The molecule has 0 bridgehead atoms. The van der Waals surface area contributed by atoms with E-state index in [1.165, 1.54) is 41.9 Å². The van der Waals surface area contributed by atoms with Crippen LogP contribution in [0, 0.1) is 0 Å². The summed E-state index contributed by atoms with van der Waals surface area (Å²) in [5, 5.41) is 2.90. The van der Waals surface area contributed by atoms with Crippen LogP contribution in [0.15, 0.2) is 102 Å². The summed E-state index contributed by atoms with van der Waals surface area (Å²) in [6.45, 7) is 0. The van der Waals surface area contributed by atoms with Crippen LogP contribution >= 0.6 is 7.92 Å². The third-order valence-corrected chi connectivity index (χ3v) is 7.61. The molecule has 3 aromatic rings. The molecule has 0 radical (unpaired) electrons. The highest BCUT2D eigenvalue weighted by molar-refractivity contribution is 7.75. The van der Waals surface area contributed by atoms with E-state index in [1.807, 2.05) is 0 Å². The van der Waals surface area contributed by atoms with E-state index in [0.29, 0.717) is 0 Å². The van der Waals surface area contributed by atoms with Crippen LogP contribution in [0.4, 0.5) is 0 Å². The zero-order valence-electron chi connectivity index (χ0n) is 15.1. The van der Waals surface area contributed by atoms with Gasteiger partial charge in [-0.1, -0.05) is 102 Å². The zero-order valence-corrected chi connectivity index (χ0v) is 16.0. The van der Waals surface area contributed by atoms with E-state index < -0.39 is 7.92 Å². The molecule has 1 saturated carbocycles. The van der Waals surface area contributed by atoms with Gasteiger partial charge in [0.2, 0.25) is 0 Å². The monoisotopic (exact) mass is 356 g/mol. The van der Waals surface area contributed by atoms with Crippen LogP contribution < -0.4 is 10.6 Å². The van der Waals surface area contributed by atoms with Crippen molar-refractivity contribution in [2.45, 2.75) is 31.6 Å². The van der Waals surface area contributed by atoms with Gasteiger partial charge in [0.25, 0.3) is 0 Å². The first kappa shape index (κ1) is 17.3. The maximum atomic E-state index is 2.60. The normalized spacial score (nSPS) is 17.3. The molecule has 0 atom stereocenters. The van der Waals surface area contributed by atoms with Crippen molar-refractivity contribution in [3.05, 3.63) is 108 Å². The van der Waals surface area contributed by atoms with E-state index in [9.17, 15) is 0 Å². The van der Waals surface area contributed by atoms with Gasteiger partial charge in [-0.25, -0.2) is 0 Å². The Labute approximate surface area is 158 Å². The van der Waals surface area contributed by atoms with Crippen molar-refractivity contribution in [1.82, 2.24) is 0 Å². The van der Waals surface area contributed by atoms with E-state index in [-0.39, 0.29) is 0 Å². The van der Waals surface area contributed by atoms with Crippen LogP contribution in [0.2, 0.25) is 0 Å². The minimum atomic E-state index is -0.404. The van der Waals surface area contributed by atoms with E-state index >= 15 is 0 Å². The molecule has 0 amide bonds. The summed E-state index contributed by atoms with van der Waals surface area (Å²) in [5.74, 6) is 3.33. The number of rotatable bonds is 4. The van der Waals surface area contributed by atoms with Gasteiger partial charge in [-0.2, -0.15) is 0 Å². The Morgan fingerprint density at radius 3 is 1.58 bits per heavy atom. The SMILES string of the molecule is C(=C1CCC(c2ccccc2)CC1)P(c1ccccc1)c1ccccc1. The van der Waals surface area contributed by atoms with Crippen molar-refractivity contribution < 1.29 is 0 Å². The summed E-state index contributed by atoms with van der Waals surface area (Å²) in [4.78, 5) is 0. The topological polar surface area (TPSA) is 0 Å². The standard InChI is InChI=1S/C25H25P/c1-4-10-22(11-5-1)23-18-16-21(17-19-23)20-26(24-12-6-2-7-13-24)25-14-8-3-9-15-25/h1-15,20,23H,16-19H2. The summed E-state index contributed by atoms with van der Waals surface area (Å²) in [7, 11) is -0.404. The van der Waals surface area contributed by atoms with Gasteiger partial charge in [0, 0.05) is 0 Å². The fraction of sp³-hybridized carbons (Fsp3) is 0.200. The van der Waals surface area contributed by atoms with Gasteiger partial charge in [0.05, 0.1) is 0 Å². The molecule has 0 N–H and O–H groups in total. The maximum Gasteiger partial charge on any atom is -0.0156 e. The van der Waals surface area contributed by atoms with E-state index in [1.54, 1.807) is 5.57 Å². The third-order valence-electron chi connectivity index (χ3n) is 5.28. The molecule has 1 heteroatoms. The Bertz CT molecular complexity index is 788. The first-order chi connectivity index (χ1) is 12.9. The summed E-state index contributed by atoms with van der Waals surface area (Å²) >= 11 is 0. The predicted molar refractivity (Wildman–Crippen MR) is 115 cm³/mol. The Kier molecular flexibility index (Phi) is 5.62. The molecule has 4 rings (SSSR count). The van der Waals surface area contributed by atoms with E-state index in [4.69, 9.17) is 0 Å². The number of benzene rings is 3. The molecule has 3 aromatic carbocycles. The van der Waals surface area contributed by atoms with Crippen molar-refractivity contribution >= 4 is 18.5 Å². The molecular weight excluding hydrogens is 331 g/mol. The lowest BCUT2D eigenvalue weighted by molar-refractivity contribution is 0.517. The second-order valence-electron chi connectivity index (χ2n) is 7.01. The van der Waals surface area contributed by atoms with Crippen LogP contribution in [0.5, 0.6) is 0 Å². The van der Waals surface area contributed by atoms with Gasteiger partial charge < -0.3 is 0 Å². The Balaban J connectivity index is 1.55. The van der Waals surface area contributed by atoms with Gasteiger partial charge in [-0.15, -0.1) is 0 Å². The van der Waals surface area contributed by atoms with E-state index in [2.05, 4.69) is 96.8 Å². The van der Waals surface area contributed by atoms with Gasteiger partial charge in [0.15, 0.2) is 0 Å². The fourth-order valence-corrected chi connectivity index (χ4v) is 6.04. The average molecular weight is 356 g/mol. The molecule has 0 saturated heterocycles. The van der Waals surface area contributed by atoms with Crippen molar-refractivity contribution in [2.75, 3.05) is 0 Å². The van der Waals surface area contributed by atoms with Crippen LogP contribution in [0.25, 0.3) is 0 Å². The molecule has 0 aliphatic heterocycles. The fourth-order valence-electron chi connectivity index (χ4n) is 3.83. The molecule has 0 heterocycles. The van der Waals surface area contributed by atoms with Crippen molar-refractivity contribution in [1.29, 1.82) is 0 Å². The summed E-state index contributed by atoms with van der Waals surface area (Å²) < 4.78 is 0. The van der Waals surface area contributed by atoms with Crippen molar-refractivity contribution in [2.24, 2.45) is 0 Å². The molecule has 1 aliphatic carbocycles. The van der Waals surface area contributed by atoms with Crippen LogP contribution in [0.1, 0.15) is 37.2 Å². The Morgan fingerprint density at radius 1 is 0.615 bits per heavy atom. The van der Waals surface area contributed by atoms with Gasteiger partial charge in [-0.3, -0.25) is 0 Å². The van der Waals surface area contributed by atoms with Crippen LogP contribution in [-0.4, -0.2) is 0 Å². The second kappa shape index (κ2) is 8.47. The van der Waals surface area contributed by atoms with E-state index in [0.717, 1.165) is 5.92 Å². The van der Waals surface area contributed by atoms with Crippen molar-refractivity contribution in [3.63, 3.8) is 0 Å². The zero-order chi connectivity index (χ0) is 17.6. The highest BCUT2D eigenvalue weighted by Crippen LogP contribution is 2.42. The number of allylic oxidation sites excluding steroid dienone is 1. The lowest BCUT2D eigenvalue weighted by Gasteiger charge is -2.26. The first-order valence-electron chi connectivity index (χ1n) is 9.54. The van der Waals surface area contributed by atoms with Crippen LogP contribution in [-0.2, 0) is 0 Å². The first-order valence-corrected chi connectivity index (χ1v) is 10.9. The average Bonchev–Trinajstić information content (AvgIpc) is 2.74. The number of hydrogen-bond donors (Lipinski definition) is 0. The lowest BCUT2D eigenvalue weighted by atomic mass is 9.82. The molecular formula is C25H25P. The third kappa shape index (κ3) is 4.14. The summed E-state index contributed by atoms with van der Waals surface area (Å²) in [6.07, 6.45) is 5.03. The minimum Gasteiger partial charge on any atom is -0.0691 e. The second-order valence-corrected chi connectivity index (χ2v) is 9.04. The quantitative estimate of drug-likeness (QED) is 0.477. The summed E-state index contributed by atoms with van der Waals surface area (Å²) in [5.41, 5.74) is 3.16. The molecule has 130 valence electrons. The molecule has 1 fully saturated rings. The summed E-state index contributed by atoms with van der Waals surface area (Å²) in [6, 6.07) is 33.1. The largest absolute Gasteiger partial charge is 0.0691 e. The molecule has 0 aromatic heterocycles. The van der Waals surface area contributed by atoms with Gasteiger partial charge in [0.1, 0.15) is 0 Å². The maximum absolute atomic E-state index is 2.60. The Morgan fingerprint density at radius 2 is 1.08 bits per heavy atom. The van der Waals surface area contributed by atoms with Crippen molar-refractivity contribution in [3.8, 4) is 0 Å². The predicted octanol–water partition coefficient (Wildman–Crippen LogP) is 6.36. The molecule has 0 nitrogen and oxygen atoms in total. The number of hydrogen-bond acceptors (Lipinski definition) is 0.